The van der Waals surface area contributed by atoms with E-state index in [9.17, 15) is 0 Å². The molecule has 3 unspecified atom stereocenters. The highest BCUT2D eigenvalue weighted by Gasteiger charge is 2.42. The molecule has 7 rings (SSSR count). The lowest BCUT2D eigenvalue weighted by molar-refractivity contribution is 0.135. The zero-order valence-corrected chi connectivity index (χ0v) is 23.1. The van der Waals surface area contributed by atoms with E-state index in [0.29, 0.717) is 23.3 Å². The molecule has 40 heavy (non-hydrogen) atoms. The zero-order chi connectivity index (χ0) is 27.2. The third-order valence-electron chi connectivity index (χ3n) is 9.05. The Labute approximate surface area is 234 Å². The summed E-state index contributed by atoms with van der Waals surface area (Å²) in [4.78, 5) is 14.2. The van der Waals surface area contributed by atoms with Crippen LogP contribution in [0.1, 0.15) is 25.7 Å². The van der Waals surface area contributed by atoms with Crippen LogP contribution in [0.5, 0.6) is 11.5 Å². The second kappa shape index (κ2) is 10.2. The number of nitrogens with two attached hydrogens (primary N) is 1. The number of hydrogen-bond acceptors (Lipinski definition) is 9. The average molecular weight is 541 g/mol. The molecule has 3 N–H and O–H groups in total. The monoisotopic (exact) mass is 540 g/mol. The first-order valence-electron chi connectivity index (χ1n) is 14.2. The molecule has 1 aliphatic heterocycles. The minimum atomic E-state index is 0.238. The van der Waals surface area contributed by atoms with Crippen molar-refractivity contribution in [1.82, 2.24) is 24.6 Å². The Morgan fingerprint density at radius 2 is 1.70 bits per heavy atom. The number of methoxy groups -OCH3 is 2. The van der Waals surface area contributed by atoms with Gasteiger partial charge in [-0.15, -0.1) is 5.10 Å². The Kier molecular flexibility index (Phi) is 6.34. The van der Waals surface area contributed by atoms with E-state index in [0.717, 1.165) is 60.5 Å². The standard InChI is InChI=1S/C30H36N8O2/c1-39-26-17-20-9-10-32-28(24(20)18-27(26)40-2)38-29(31)34-30(35-38)33-22-5-7-23(8-6-22)36-11-13-37(14-12-36)25-16-19-3-4-21(25)15-19/h5-10,17-19,21,25H,3-4,11-16H2,1-2H3,(H3,31,33,34,35). The summed E-state index contributed by atoms with van der Waals surface area (Å²) in [6, 6.07) is 15.0. The summed E-state index contributed by atoms with van der Waals surface area (Å²) < 4.78 is 12.5. The van der Waals surface area contributed by atoms with Crippen LogP contribution >= 0.6 is 0 Å². The minimum absolute atomic E-state index is 0.238. The number of piperazine rings is 1. The molecular formula is C30H36N8O2. The first kappa shape index (κ1) is 25.0. The van der Waals surface area contributed by atoms with Crippen molar-refractivity contribution in [3.05, 3.63) is 48.7 Å². The fraction of sp³-hybridized carbons (Fsp3) is 0.433. The predicted molar refractivity (Wildman–Crippen MR) is 157 cm³/mol. The normalized spacial score (nSPS) is 22.6. The van der Waals surface area contributed by atoms with Gasteiger partial charge >= 0.3 is 0 Å². The van der Waals surface area contributed by atoms with E-state index < -0.39 is 0 Å². The van der Waals surface area contributed by atoms with E-state index in [2.05, 4.69) is 54.4 Å². The van der Waals surface area contributed by atoms with Crippen LogP contribution in [0, 0.1) is 11.8 Å². The molecule has 0 spiro atoms. The number of rotatable bonds is 7. The van der Waals surface area contributed by atoms with Gasteiger partial charge < -0.3 is 25.4 Å². The van der Waals surface area contributed by atoms with Gasteiger partial charge in [-0.3, -0.25) is 4.90 Å². The van der Waals surface area contributed by atoms with Gasteiger partial charge in [0, 0.05) is 55.2 Å². The Bertz CT molecular complexity index is 1510. The van der Waals surface area contributed by atoms with Gasteiger partial charge in [-0.2, -0.15) is 9.67 Å². The number of pyridine rings is 1. The molecule has 10 heteroatoms. The van der Waals surface area contributed by atoms with E-state index in [1.165, 1.54) is 31.4 Å². The Hall–Kier alpha value is -4.05. The topological polar surface area (TPSA) is 107 Å². The molecule has 2 aliphatic carbocycles. The number of nitrogen functional groups attached to an aromatic ring is 1. The van der Waals surface area contributed by atoms with Crippen LogP contribution in [0.4, 0.5) is 23.3 Å². The van der Waals surface area contributed by atoms with Crippen molar-refractivity contribution in [3.8, 4) is 17.3 Å². The number of fused-ring (bicyclic) bond motifs is 3. The van der Waals surface area contributed by atoms with E-state index in [-0.39, 0.29) is 5.95 Å². The van der Waals surface area contributed by atoms with Gasteiger partial charge in [0.2, 0.25) is 11.9 Å². The van der Waals surface area contributed by atoms with Crippen LogP contribution in [0.15, 0.2) is 48.7 Å². The first-order chi connectivity index (χ1) is 19.6. The Morgan fingerprint density at radius 3 is 2.40 bits per heavy atom. The summed E-state index contributed by atoms with van der Waals surface area (Å²) in [6.45, 7) is 4.49. The third kappa shape index (κ3) is 4.46. The van der Waals surface area contributed by atoms with Crippen LogP contribution < -0.4 is 25.4 Å². The molecule has 3 heterocycles. The number of aromatic nitrogens is 4. The Balaban J connectivity index is 1.04. The smallest absolute Gasteiger partial charge is 0.248 e. The first-order valence-corrected chi connectivity index (χ1v) is 14.2. The number of hydrogen-bond donors (Lipinski definition) is 2. The maximum absolute atomic E-state index is 6.29. The van der Waals surface area contributed by atoms with Crippen molar-refractivity contribution < 1.29 is 9.47 Å². The number of nitrogens with one attached hydrogen (secondary N) is 1. The van der Waals surface area contributed by atoms with Gasteiger partial charge in [0.15, 0.2) is 17.3 Å². The molecule has 10 nitrogen and oxygen atoms in total. The molecule has 2 aromatic heterocycles. The van der Waals surface area contributed by atoms with Gasteiger partial charge in [0.05, 0.1) is 14.2 Å². The van der Waals surface area contributed by atoms with E-state index in [1.54, 1.807) is 25.1 Å². The molecule has 3 aliphatic rings. The second-order valence-corrected chi connectivity index (χ2v) is 11.2. The molecule has 3 atom stereocenters. The van der Waals surface area contributed by atoms with E-state index in [4.69, 9.17) is 15.2 Å². The second-order valence-electron chi connectivity index (χ2n) is 11.2. The molecule has 208 valence electrons. The molecule has 2 aromatic carbocycles. The van der Waals surface area contributed by atoms with Gasteiger partial charge in [0.1, 0.15) is 0 Å². The predicted octanol–water partition coefficient (Wildman–Crippen LogP) is 4.47. The summed E-state index contributed by atoms with van der Waals surface area (Å²) in [5.74, 6) is 4.42. The lowest BCUT2D eigenvalue weighted by atomic mass is 9.93. The molecule has 1 saturated heterocycles. The molecule has 3 fully saturated rings. The SMILES string of the molecule is COc1cc2ccnc(-n3nc(Nc4ccc(N5CCN(C6CC7CCC6C7)CC5)cc4)nc3N)c2cc1OC. The highest BCUT2D eigenvalue weighted by atomic mass is 16.5. The highest BCUT2D eigenvalue weighted by molar-refractivity contribution is 5.91. The van der Waals surface area contributed by atoms with Crippen molar-refractivity contribution in [2.24, 2.45) is 11.8 Å². The fourth-order valence-electron chi connectivity index (χ4n) is 7.04. The number of anilines is 4. The van der Waals surface area contributed by atoms with Crippen molar-refractivity contribution in [2.45, 2.75) is 31.7 Å². The highest BCUT2D eigenvalue weighted by Crippen LogP contribution is 2.46. The van der Waals surface area contributed by atoms with E-state index in [1.807, 2.05) is 18.2 Å². The maximum atomic E-state index is 6.29. The van der Waals surface area contributed by atoms with Gasteiger partial charge in [0.25, 0.3) is 0 Å². The quantitative estimate of drug-likeness (QED) is 0.351. The maximum Gasteiger partial charge on any atom is 0.248 e. The molecule has 2 bridgehead atoms. The third-order valence-corrected chi connectivity index (χ3v) is 9.05. The summed E-state index contributed by atoms with van der Waals surface area (Å²) in [5, 5.41) is 9.66. The number of ether oxygens (including phenoxy) is 2. The van der Waals surface area contributed by atoms with Crippen LogP contribution in [-0.4, -0.2) is 71.1 Å². The van der Waals surface area contributed by atoms with Crippen molar-refractivity contribution >= 4 is 34.0 Å². The lowest BCUT2D eigenvalue weighted by Crippen LogP contribution is -2.51. The summed E-state index contributed by atoms with van der Waals surface area (Å²) in [5.41, 5.74) is 8.44. The van der Waals surface area contributed by atoms with Crippen molar-refractivity contribution in [3.63, 3.8) is 0 Å². The molecule has 0 radical (unpaired) electrons. The van der Waals surface area contributed by atoms with Crippen molar-refractivity contribution in [2.75, 3.05) is 56.3 Å². The summed E-state index contributed by atoms with van der Waals surface area (Å²) in [7, 11) is 3.22. The molecule has 2 saturated carbocycles. The van der Waals surface area contributed by atoms with Crippen LogP contribution in [0.3, 0.4) is 0 Å². The lowest BCUT2D eigenvalue weighted by Gasteiger charge is -2.41. The summed E-state index contributed by atoms with van der Waals surface area (Å²) >= 11 is 0. The summed E-state index contributed by atoms with van der Waals surface area (Å²) in [6.07, 6.45) is 7.54. The Morgan fingerprint density at radius 1 is 0.925 bits per heavy atom. The van der Waals surface area contributed by atoms with E-state index >= 15 is 0 Å². The largest absolute Gasteiger partial charge is 0.493 e. The molecule has 0 amide bonds. The van der Waals surface area contributed by atoms with Gasteiger partial charge in [-0.25, -0.2) is 4.98 Å². The number of benzene rings is 2. The fourth-order valence-corrected chi connectivity index (χ4v) is 7.04. The molecular weight excluding hydrogens is 504 g/mol. The van der Waals surface area contributed by atoms with Crippen LogP contribution in [0.2, 0.25) is 0 Å². The average Bonchev–Trinajstić information content (AvgIpc) is 3.73. The van der Waals surface area contributed by atoms with Gasteiger partial charge in [-0.1, -0.05) is 6.42 Å². The zero-order valence-electron chi connectivity index (χ0n) is 23.1. The van der Waals surface area contributed by atoms with Crippen molar-refractivity contribution in [1.29, 1.82) is 0 Å². The van der Waals surface area contributed by atoms with Gasteiger partial charge in [-0.05, 0) is 78.9 Å². The molecule has 4 aromatic rings. The van der Waals surface area contributed by atoms with Crippen LogP contribution in [-0.2, 0) is 0 Å². The van der Waals surface area contributed by atoms with Crippen LogP contribution in [0.25, 0.3) is 16.6 Å². The minimum Gasteiger partial charge on any atom is -0.493 e. The number of nitrogens with zero attached hydrogens (tertiary/aromatic N) is 6.